The van der Waals surface area contributed by atoms with Crippen molar-refractivity contribution in [3.8, 4) is 0 Å². The molecule has 3 rings (SSSR count). The van der Waals surface area contributed by atoms with Crippen LogP contribution in [0.1, 0.15) is 35.6 Å². The summed E-state index contributed by atoms with van der Waals surface area (Å²) in [6.07, 6.45) is 2.74. The highest BCUT2D eigenvalue weighted by atomic mass is 35.5. The van der Waals surface area contributed by atoms with E-state index in [0.29, 0.717) is 5.56 Å². The van der Waals surface area contributed by atoms with E-state index in [4.69, 9.17) is 23.2 Å². The third-order valence-electron chi connectivity index (χ3n) is 4.48. The average Bonchev–Trinajstić information content (AvgIpc) is 2.58. The van der Waals surface area contributed by atoms with E-state index in [0.717, 1.165) is 24.8 Å². The predicted molar refractivity (Wildman–Crippen MR) is 104 cm³/mol. The zero-order valence-electron chi connectivity index (χ0n) is 14.0. The molecule has 1 aliphatic carbocycles. The van der Waals surface area contributed by atoms with Crippen molar-refractivity contribution in [1.82, 2.24) is 5.32 Å². The summed E-state index contributed by atoms with van der Waals surface area (Å²) >= 11 is 12.1. The molecule has 0 fully saturated rings. The standard InChI is InChI=1S/C19H19Cl2NO3S/c20-16-8-4-9-17(21)15(16)11-26(24,25)12-19(23)22-18-10-3-6-13-5-1-2-7-14(13)18/h1-2,4-5,7-9,18H,3,6,10-12H2,(H,22,23)/t18-/m1/s1. The normalized spacial score (nSPS) is 16.8. The Balaban J connectivity index is 1.68. The van der Waals surface area contributed by atoms with Crippen LogP contribution in [0.5, 0.6) is 0 Å². The minimum absolute atomic E-state index is 0.147. The van der Waals surface area contributed by atoms with Gasteiger partial charge in [-0.2, -0.15) is 0 Å². The summed E-state index contributed by atoms with van der Waals surface area (Å²) in [6, 6.07) is 12.6. The van der Waals surface area contributed by atoms with E-state index in [-0.39, 0.29) is 21.8 Å². The van der Waals surface area contributed by atoms with Crippen LogP contribution in [0.3, 0.4) is 0 Å². The fourth-order valence-electron chi connectivity index (χ4n) is 3.28. The van der Waals surface area contributed by atoms with Gasteiger partial charge in [0.2, 0.25) is 5.91 Å². The minimum atomic E-state index is -3.69. The third kappa shape index (κ3) is 4.58. The quantitative estimate of drug-likeness (QED) is 0.804. The van der Waals surface area contributed by atoms with E-state index >= 15 is 0 Å². The van der Waals surface area contributed by atoms with Gasteiger partial charge in [-0.1, -0.05) is 53.5 Å². The molecule has 0 unspecified atom stereocenters. The summed E-state index contributed by atoms with van der Waals surface area (Å²) in [5.41, 5.74) is 2.60. The minimum Gasteiger partial charge on any atom is -0.348 e. The van der Waals surface area contributed by atoms with Crippen LogP contribution >= 0.6 is 23.2 Å². The highest BCUT2D eigenvalue weighted by Gasteiger charge is 2.25. The maximum Gasteiger partial charge on any atom is 0.235 e. The van der Waals surface area contributed by atoms with Crippen LogP contribution < -0.4 is 5.32 Å². The van der Waals surface area contributed by atoms with Crippen LogP contribution in [0, 0.1) is 0 Å². The highest BCUT2D eigenvalue weighted by molar-refractivity contribution is 7.91. The number of sulfone groups is 1. The molecule has 0 saturated heterocycles. The van der Waals surface area contributed by atoms with E-state index < -0.39 is 21.5 Å². The van der Waals surface area contributed by atoms with Gasteiger partial charge >= 0.3 is 0 Å². The maximum atomic E-state index is 12.4. The number of hydrogen-bond acceptors (Lipinski definition) is 3. The number of nitrogens with one attached hydrogen (secondary N) is 1. The molecule has 0 heterocycles. The SMILES string of the molecule is O=C(CS(=O)(=O)Cc1c(Cl)cccc1Cl)N[C@@H]1CCCc2ccccc21. The second-order valence-corrected chi connectivity index (χ2v) is 9.32. The lowest BCUT2D eigenvalue weighted by atomic mass is 9.88. The largest absolute Gasteiger partial charge is 0.348 e. The average molecular weight is 412 g/mol. The molecular formula is C19H19Cl2NO3S. The van der Waals surface area contributed by atoms with E-state index in [1.165, 1.54) is 5.56 Å². The Hall–Kier alpha value is -1.56. The Morgan fingerprint density at radius 1 is 1.08 bits per heavy atom. The summed E-state index contributed by atoms with van der Waals surface area (Å²) in [5.74, 6) is -1.46. The molecule has 138 valence electrons. The van der Waals surface area contributed by atoms with Crippen molar-refractivity contribution >= 4 is 38.9 Å². The van der Waals surface area contributed by atoms with Gasteiger partial charge in [-0.25, -0.2) is 8.42 Å². The summed E-state index contributed by atoms with van der Waals surface area (Å²) in [7, 11) is -3.69. The Kier molecular flexibility index (Phi) is 5.90. The first-order chi connectivity index (χ1) is 12.4. The van der Waals surface area contributed by atoms with E-state index in [1.807, 2.05) is 24.3 Å². The predicted octanol–water partition coefficient (Wildman–Crippen LogP) is 4.10. The number of aryl methyl sites for hydroxylation is 1. The first kappa shape index (κ1) is 19.2. The number of carbonyl (C=O) groups is 1. The molecule has 1 aliphatic rings. The smallest absolute Gasteiger partial charge is 0.235 e. The zero-order chi connectivity index (χ0) is 18.7. The molecule has 0 saturated carbocycles. The van der Waals surface area contributed by atoms with Crippen LogP contribution in [0.2, 0.25) is 10.0 Å². The van der Waals surface area contributed by atoms with E-state index in [9.17, 15) is 13.2 Å². The molecule has 2 aromatic carbocycles. The number of rotatable bonds is 5. The van der Waals surface area contributed by atoms with Crippen molar-refractivity contribution in [2.75, 3.05) is 5.75 Å². The molecule has 0 bridgehead atoms. The summed E-state index contributed by atoms with van der Waals surface area (Å²) < 4.78 is 24.8. The van der Waals surface area contributed by atoms with Gasteiger partial charge in [-0.05, 0) is 42.5 Å². The number of hydrogen-bond donors (Lipinski definition) is 1. The number of fused-ring (bicyclic) bond motifs is 1. The van der Waals surface area contributed by atoms with Crippen molar-refractivity contribution in [2.24, 2.45) is 0 Å². The van der Waals surface area contributed by atoms with Gasteiger partial charge in [-0.3, -0.25) is 4.79 Å². The van der Waals surface area contributed by atoms with Gasteiger partial charge in [0.25, 0.3) is 0 Å². The van der Waals surface area contributed by atoms with Crippen LogP contribution in [0.4, 0.5) is 0 Å². The first-order valence-corrected chi connectivity index (χ1v) is 10.9. The fourth-order valence-corrected chi connectivity index (χ4v) is 5.31. The van der Waals surface area contributed by atoms with Crippen molar-refractivity contribution in [1.29, 1.82) is 0 Å². The molecule has 4 nitrogen and oxygen atoms in total. The van der Waals surface area contributed by atoms with Crippen molar-refractivity contribution in [3.63, 3.8) is 0 Å². The van der Waals surface area contributed by atoms with Gasteiger partial charge in [0, 0.05) is 15.6 Å². The first-order valence-electron chi connectivity index (χ1n) is 8.36. The topological polar surface area (TPSA) is 63.2 Å². The molecule has 2 aromatic rings. The molecule has 1 N–H and O–H groups in total. The monoisotopic (exact) mass is 411 g/mol. The molecule has 7 heteroatoms. The lowest BCUT2D eigenvalue weighted by Gasteiger charge is -2.26. The molecule has 0 spiro atoms. The molecule has 1 amide bonds. The van der Waals surface area contributed by atoms with E-state index in [2.05, 4.69) is 5.32 Å². The van der Waals surface area contributed by atoms with Crippen molar-refractivity contribution < 1.29 is 13.2 Å². The van der Waals surface area contributed by atoms with Gasteiger partial charge in [0.15, 0.2) is 9.84 Å². The number of halogens is 2. The molecule has 0 aliphatic heterocycles. The van der Waals surface area contributed by atoms with Crippen LogP contribution in [0.25, 0.3) is 0 Å². The summed E-state index contributed by atoms with van der Waals surface area (Å²) in [4.78, 5) is 12.3. The Bertz CT molecular complexity index is 908. The number of carbonyl (C=O) groups excluding carboxylic acids is 1. The Morgan fingerprint density at radius 3 is 2.50 bits per heavy atom. The molecule has 0 radical (unpaired) electrons. The van der Waals surface area contributed by atoms with Gasteiger partial charge in [0.1, 0.15) is 5.75 Å². The van der Waals surface area contributed by atoms with E-state index in [1.54, 1.807) is 18.2 Å². The van der Waals surface area contributed by atoms with Crippen molar-refractivity contribution in [2.45, 2.75) is 31.1 Å². The number of benzene rings is 2. The van der Waals surface area contributed by atoms with Gasteiger partial charge < -0.3 is 5.32 Å². The lowest BCUT2D eigenvalue weighted by Crippen LogP contribution is -2.35. The highest BCUT2D eigenvalue weighted by Crippen LogP contribution is 2.30. The van der Waals surface area contributed by atoms with Gasteiger partial charge in [-0.15, -0.1) is 0 Å². The molecule has 0 aromatic heterocycles. The number of amides is 1. The zero-order valence-corrected chi connectivity index (χ0v) is 16.4. The summed E-state index contributed by atoms with van der Waals surface area (Å²) in [6.45, 7) is 0. The van der Waals surface area contributed by atoms with Crippen LogP contribution in [-0.2, 0) is 26.8 Å². The maximum absolute atomic E-state index is 12.4. The molecule has 26 heavy (non-hydrogen) atoms. The third-order valence-corrected chi connectivity index (χ3v) is 6.62. The van der Waals surface area contributed by atoms with Crippen LogP contribution in [-0.4, -0.2) is 20.1 Å². The summed E-state index contributed by atoms with van der Waals surface area (Å²) in [5, 5.41) is 3.42. The second kappa shape index (κ2) is 7.99. The Morgan fingerprint density at radius 2 is 1.77 bits per heavy atom. The van der Waals surface area contributed by atoms with Crippen LogP contribution in [0.15, 0.2) is 42.5 Å². The molecule has 1 atom stereocenters. The lowest BCUT2D eigenvalue weighted by molar-refractivity contribution is -0.119. The molecular weight excluding hydrogens is 393 g/mol. The van der Waals surface area contributed by atoms with Crippen molar-refractivity contribution in [3.05, 3.63) is 69.2 Å². The second-order valence-electron chi connectivity index (χ2n) is 6.44. The Labute approximate surface area is 163 Å². The van der Waals surface area contributed by atoms with Gasteiger partial charge in [0.05, 0.1) is 11.8 Å². The fraction of sp³-hybridized carbons (Fsp3) is 0.316.